The number of para-hydroxylation sites is 2. The zero-order valence-corrected chi connectivity index (χ0v) is 23.3. The molecular formula is C31H32N6O2S. The molecular weight excluding hydrogens is 520 g/mol. The molecule has 0 aliphatic carbocycles. The molecule has 1 amide bonds. The highest BCUT2D eigenvalue weighted by molar-refractivity contribution is 7.24. The summed E-state index contributed by atoms with van der Waals surface area (Å²) in [5.41, 5.74) is 9.52. The third kappa shape index (κ3) is 5.90. The zero-order valence-electron chi connectivity index (χ0n) is 22.5. The number of hydrogen-bond acceptors (Lipinski definition) is 8. The van der Waals surface area contributed by atoms with Gasteiger partial charge >= 0.3 is 0 Å². The van der Waals surface area contributed by atoms with E-state index in [4.69, 9.17) is 5.73 Å². The third-order valence-corrected chi connectivity index (χ3v) is 8.09. The van der Waals surface area contributed by atoms with Crippen LogP contribution in [-0.2, 0) is 0 Å². The second kappa shape index (κ2) is 12.1. The largest absolute Gasteiger partial charge is 0.397 e. The molecule has 0 radical (unpaired) electrons. The fourth-order valence-corrected chi connectivity index (χ4v) is 5.74. The monoisotopic (exact) mass is 552 g/mol. The second-order valence-electron chi connectivity index (χ2n) is 9.66. The summed E-state index contributed by atoms with van der Waals surface area (Å²) in [6, 6.07) is 22.5. The van der Waals surface area contributed by atoms with Crippen molar-refractivity contribution in [1.82, 2.24) is 9.88 Å². The number of aromatic nitrogens is 1. The van der Waals surface area contributed by atoms with Crippen molar-refractivity contribution in [2.45, 2.75) is 6.92 Å². The molecule has 5 N–H and O–H groups in total. The highest BCUT2D eigenvalue weighted by atomic mass is 32.1. The summed E-state index contributed by atoms with van der Waals surface area (Å²) in [6.07, 6.45) is 1.66. The van der Waals surface area contributed by atoms with E-state index in [9.17, 15) is 9.59 Å². The average Bonchev–Trinajstić information content (AvgIpc) is 2.96. The second-order valence-corrected chi connectivity index (χ2v) is 10.7. The van der Waals surface area contributed by atoms with E-state index in [2.05, 4.69) is 31.9 Å². The minimum absolute atomic E-state index is 0.0678. The maximum atomic E-state index is 13.3. The summed E-state index contributed by atoms with van der Waals surface area (Å²) in [7, 11) is 2.04. The predicted octanol–water partition coefficient (Wildman–Crippen LogP) is 5.41. The highest BCUT2D eigenvalue weighted by Crippen LogP contribution is 2.31. The molecule has 0 spiro atoms. The van der Waals surface area contributed by atoms with Crippen LogP contribution in [0.15, 0.2) is 83.8 Å². The smallest absolute Gasteiger partial charge is 0.259 e. The number of pyridine rings is 1. The van der Waals surface area contributed by atoms with Crippen LogP contribution in [0.4, 0.5) is 22.9 Å². The molecule has 3 aromatic carbocycles. The van der Waals surface area contributed by atoms with E-state index in [-0.39, 0.29) is 11.3 Å². The summed E-state index contributed by atoms with van der Waals surface area (Å²) in [5.74, 6) is 0.242. The molecule has 0 unspecified atom stereocenters. The molecule has 5 rings (SSSR count). The van der Waals surface area contributed by atoms with Gasteiger partial charge in [0.05, 0.1) is 22.3 Å². The standard InChI is InChI=1S/C31H32N6O2S/c1-20-13-14-25(27-28(38)21-8-3-6-12-26(21)40-29(20)27)33-16-18-37(2)19-17-35-30-22(9-7-15-34-30)31(39)36-24-11-5-4-10-23(24)32/h3-15,33H,16-19,32H2,1-2H3,(H,34,35)(H,36,39). The number of nitrogen functional groups attached to an aromatic ring is 1. The number of nitrogens with one attached hydrogen (secondary N) is 3. The fraction of sp³-hybridized carbons (Fsp3) is 0.194. The molecule has 0 saturated heterocycles. The lowest BCUT2D eigenvalue weighted by atomic mass is 10.1. The van der Waals surface area contributed by atoms with Gasteiger partial charge in [0.2, 0.25) is 0 Å². The number of carbonyl (C=O) groups is 1. The Morgan fingerprint density at radius 1 is 0.925 bits per heavy atom. The van der Waals surface area contributed by atoms with Crippen LogP contribution in [0.1, 0.15) is 15.9 Å². The number of nitrogens with zero attached hydrogens (tertiary/aromatic N) is 2. The number of nitrogens with two attached hydrogens (primary N) is 1. The third-order valence-electron chi connectivity index (χ3n) is 6.78. The first kappa shape index (κ1) is 27.1. The van der Waals surface area contributed by atoms with Crippen molar-refractivity contribution in [2.75, 3.05) is 54.9 Å². The molecule has 0 bridgehead atoms. The number of aryl methyl sites for hydroxylation is 1. The van der Waals surface area contributed by atoms with Gasteiger partial charge in [-0.25, -0.2) is 4.98 Å². The number of amides is 1. The van der Waals surface area contributed by atoms with Crippen LogP contribution < -0.4 is 27.1 Å². The van der Waals surface area contributed by atoms with Crippen molar-refractivity contribution in [2.24, 2.45) is 0 Å². The van der Waals surface area contributed by atoms with Gasteiger partial charge in [0, 0.05) is 52.8 Å². The zero-order chi connectivity index (χ0) is 28.1. The summed E-state index contributed by atoms with van der Waals surface area (Å²) in [5, 5.41) is 11.1. The normalized spacial score (nSPS) is 11.2. The van der Waals surface area contributed by atoms with Crippen LogP contribution in [0.2, 0.25) is 0 Å². The molecule has 9 heteroatoms. The van der Waals surface area contributed by atoms with Crippen LogP contribution >= 0.6 is 11.3 Å². The lowest BCUT2D eigenvalue weighted by molar-refractivity contribution is 0.102. The maximum absolute atomic E-state index is 13.3. The number of anilines is 4. The number of benzene rings is 3. The number of fused-ring (bicyclic) bond motifs is 2. The van der Waals surface area contributed by atoms with Crippen molar-refractivity contribution in [3.05, 3.63) is 100 Å². The van der Waals surface area contributed by atoms with Gasteiger partial charge in [0.25, 0.3) is 5.91 Å². The molecule has 8 nitrogen and oxygen atoms in total. The molecule has 0 saturated carbocycles. The predicted molar refractivity (Wildman–Crippen MR) is 168 cm³/mol. The van der Waals surface area contributed by atoms with Crippen molar-refractivity contribution in [1.29, 1.82) is 0 Å². The van der Waals surface area contributed by atoms with Gasteiger partial charge < -0.3 is 26.6 Å². The lowest BCUT2D eigenvalue weighted by Crippen LogP contribution is -2.30. The van der Waals surface area contributed by atoms with Crippen LogP contribution in [-0.4, -0.2) is 49.0 Å². The Hall–Kier alpha value is -4.47. The quantitative estimate of drug-likeness (QED) is 0.135. The van der Waals surface area contributed by atoms with Crippen LogP contribution in [0.25, 0.3) is 20.2 Å². The van der Waals surface area contributed by atoms with Crippen molar-refractivity contribution in [3.63, 3.8) is 0 Å². The van der Waals surface area contributed by atoms with Crippen molar-refractivity contribution < 1.29 is 4.79 Å². The summed E-state index contributed by atoms with van der Waals surface area (Å²) >= 11 is 1.66. The minimum Gasteiger partial charge on any atom is -0.397 e. The minimum atomic E-state index is -0.275. The fourth-order valence-electron chi connectivity index (χ4n) is 4.57. The molecule has 2 heterocycles. The maximum Gasteiger partial charge on any atom is 0.259 e. The number of hydrogen-bond donors (Lipinski definition) is 4. The SMILES string of the molecule is Cc1ccc(NCCN(C)CCNc2ncccc2C(=O)Nc2ccccc2N)c2c(=O)c3ccccc3sc12. The number of likely N-dealkylation sites (N-methyl/N-ethyl adjacent to an activating group) is 1. The Labute approximate surface area is 236 Å². The summed E-state index contributed by atoms with van der Waals surface area (Å²) in [6.45, 7) is 4.84. The van der Waals surface area contributed by atoms with E-state index in [1.807, 2.05) is 56.4 Å². The molecule has 40 heavy (non-hydrogen) atoms. The van der Waals surface area contributed by atoms with Crippen molar-refractivity contribution in [3.8, 4) is 0 Å². The molecule has 0 fully saturated rings. The Balaban J connectivity index is 1.18. The molecule has 5 aromatic rings. The topological polar surface area (TPSA) is 112 Å². The Kier molecular flexibility index (Phi) is 8.23. The summed E-state index contributed by atoms with van der Waals surface area (Å²) < 4.78 is 2.03. The highest BCUT2D eigenvalue weighted by Gasteiger charge is 2.14. The molecule has 0 atom stereocenters. The van der Waals surface area contributed by atoms with Crippen LogP contribution in [0.3, 0.4) is 0 Å². The Bertz CT molecular complexity index is 1740. The number of carbonyl (C=O) groups excluding carboxylic acids is 1. The van der Waals surface area contributed by atoms with Gasteiger partial charge in [-0.05, 0) is 62.0 Å². The molecule has 2 aromatic heterocycles. The molecule has 0 aliphatic rings. The Morgan fingerprint density at radius 3 is 2.50 bits per heavy atom. The van der Waals surface area contributed by atoms with Gasteiger partial charge in [0.1, 0.15) is 5.82 Å². The van der Waals surface area contributed by atoms with Gasteiger partial charge in [-0.15, -0.1) is 11.3 Å². The average molecular weight is 553 g/mol. The number of rotatable bonds is 10. The van der Waals surface area contributed by atoms with Gasteiger partial charge in [0.15, 0.2) is 5.43 Å². The Morgan fingerprint density at radius 2 is 1.68 bits per heavy atom. The van der Waals surface area contributed by atoms with Crippen LogP contribution in [0.5, 0.6) is 0 Å². The van der Waals surface area contributed by atoms with E-state index in [1.54, 1.807) is 41.8 Å². The molecule has 0 aliphatic heterocycles. The van der Waals surface area contributed by atoms with Gasteiger partial charge in [-0.2, -0.15) is 0 Å². The van der Waals surface area contributed by atoms with E-state index < -0.39 is 0 Å². The van der Waals surface area contributed by atoms with Crippen molar-refractivity contribution >= 4 is 60.3 Å². The van der Waals surface area contributed by atoms with E-state index in [0.717, 1.165) is 44.5 Å². The summed E-state index contributed by atoms with van der Waals surface area (Å²) in [4.78, 5) is 32.8. The van der Waals surface area contributed by atoms with E-state index in [0.29, 0.717) is 35.8 Å². The van der Waals surface area contributed by atoms with Gasteiger partial charge in [-0.1, -0.05) is 30.3 Å². The molecule has 204 valence electrons. The first-order valence-electron chi connectivity index (χ1n) is 13.1. The first-order valence-corrected chi connectivity index (χ1v) is 14.0. The van der Waals surface area contributed by atoms with E-state index >= 15 is 0 Å². The van der Waals surface area contributed by atoms with Gasteiger partial charge in [-0.3, -0.25) is 9.59 Å². The first-order chi connectivity index (χ1) is 19.4. The lowest BCUT2D eigenvalue weighted by Gasteiger charge is -2.19. The van der Waals surface area contributed by atoms with Crippen LogP contribution in [0, 0.1) is 6.92 Å². The van der Waals surface area contributed by atoms with E-state index in [1.165, 1.54) is 0 Å².